The van der Waals surface area contributed by atoms with Crippen molar-refractivity contribution in [2.45, 2.75) is 23.9 Å². The van der Waals surface area contributed by atoms with Crippen molar-refractivity contribution in [2.24, 2.45) is 0 Å². The fourth-order valence-corrected chi connectivity index (χ4v) is 3.82. The van der Waals surface area contributed by atoms with Crippen molar-refractivity contribution in [3.05, 3.63) is 73.1 Å². The average Bonchev–Trinajstić information content (AvgIpc) is 3.43. The van der Waals surface area contributed by atoms with E-state index in [2.05, 4.69) is 27.0 Å². The Bertz CT molecular complexity index is 1120. The summed E-state index contributed by atoms with van der Waals surface area (Å²) in [6, 6.07) is 17.4. The number of benzene rings is 2. The molecular formula is C22H21N5O2S. The third-order valence-electron chi connectivity index (χ3n) is 4.47. The highest BCUT2D eigenvalue weighted by atomic mass is 32.2. The predicted octanol–water partition coefficient (Wildman–Crippen LogP) is 5.04. The lowest BCUT2D eigenvalue weighted by molar-refractivity contribution is 0.415. The van der Waals surface area contributed by atoms with Gasteiger partial charge in [0.1, 0.15) is 5.75 Å². The molecule has 2 aromatic heterocycles. The minimum atomic E-state index is -0.0913. The summed E-state index contributed by atoms with van der Waals surface area (Å²) in [5.41, 5.74) is 1.85. The molecule has 2 aromatic carbocycles. The number of ether oxygens (including phenoxy) is 1. The summed E-state index contributed by atoms with van der Waals surface area (Å²) < 4.78 is 13.1. The number of hydrogen-bond donors (Lipinski definition) is 0. The lowest BCUT2D eigenvalue weighted by Gasteiger charge is -2.10. The molecule has 0 aliphatic carbocycles. The quantitative estimate of drug-likeness (QED) is 0.292. The number of methoxy groups -OCH3 is 1. The molecule has 0 spiro atoms. The van der Waals surface area contributed by atoms with E-state index in [-0.39, 0.29) is 5.25 Å². The third kappa shape index (κ3) is 4.13. The van der Waals surface area contributed by atoms with Crippen molar-refractivity contribution in [3.8, 4) is 28.6 Å². The predicted molar refractivity (Wildman–Crippen MR) is 116 cm³/mol. The Balaban J connectivity index is 1.57. The van der Waals surface area contributed by atoms with E-state index in [0.29, 0.717) is 18.3 Å². The SMILES string of the molecule is C=CCn1c(S[C@@H](C)c2nnc(-c3ccccc3)o2)nnc1-c1ccc(OC)cc1. The molecule has 7 nitrogen and oxygen atoms in total. The molecule has 0 unspecified atom stereocenters. The summed E-state index contributed by atoms with van der Waals surface area (Å²) in [5, 5.41) is 17.8. The van der Waals surface area contributed by atoms with Crippen LogP contribution in [0.2, 0.25) is 0 Å². The molecule has 0 bridgehead atoms. The molecule has 0 saturated heterocycles. The standard InChI is InChI=1S/C22H21N5O2S/c1-4-14-27-19(16-10-12-18(28-3)13-11-16)23-26-22(27)30-15(2)20-24-25-21(29-20)17-8-6-5-7-9-17/h4-13,15H,1,14H2,2-3H3/t15-/m0/s1. The number of aromatic nitrogens is 5. The summed E-state index contributed by atoms with van der Waals surface area (Å²) in [6.45, 7) is 6.46. The van der Waals surface area contributed by atoms with E-state index in [9.17, 15) is 0 Å². The maximum Gasteiger partial charge on any atom is 0.247 e. The first-order chi connectivity index (χ1) is 14.7. The number of hydrogen-bond acceptors (Lipinski definition) is 7. The minimum Gasteiger partial charge on any atom is -0.497 e. The molecular weight excluding hydrogens is 398 g/mol. The molecule has 0 amide bonds. The molecule has 30 heavy (non-hydrogen) atoms. The van der Waals surface area contributed by atoms with Crippen molar-refractivity contribution in [1.29, 1.82) is 0 Å². The molecule has 0 fully saturated rings. The van der Waals surface area contributed by atoms with Crippen molar-refractivity contribution < 1.29 is 9.15 Å². The van der Waals surface area contributed by atoms with Crippen LogP contribution in [0.15, 0.2) is 76.8 Å². The fraction of sp³-hybridized carbons (Fsp3) is 0.182. The van der Waals surface area contributed by atoms with Gasteiger partial charge >= 0.3 is 0 Å². The molecule has 152 valence electrons. The normalized spacial score (nSPS) is 11.9. The van der Waals surface area contributed by atoms with E-state index in [1.807, 2.05) is 72.2 Å². The Morgan fingerprint density at radius 3 is 2.50 bits per heavy atom. The summed E-state index contributed by atoms with van der Waals surface area (Å²) in [4.78, 5) is 0. The maximum absolute atomic E-state index is 5.89. The van der Waals surface area contributed by atoms with E-state index in [1.54, 1.807) is 7.11 Å². The molecule has 2 heterocycles. The van der Waals surface area contributed by atoms with E-state index < -0.39 is 0 Å². The van der Waals surface area contributed by atoms with Crippen LogP contribution in [0.25, 0.3) is 22.8 Å². The van der Waals surface area contributed by atoms with Gasteiger partial charge in [0.25, 0.3) is 0 Å². The lowest BCUT2D eigenvalue weighted by Crippen LogP contribution is -2.02. The molecule has 4 rings (SSSR count). The Morgan fingerprint density at radius 1 is 1.03 bits per heavy atom. The van der Waals surface area contributed by atoms with E-state index in [1.165, 1.54) is 11.8 Å². The van der Waals surface area contributed by atoms with E-state index in [0.717, 1.165) is 27.9 Å². The highest BCUT2D eigenvalue weighted by Gasteiger charge is 2.21. The summed E-state index contributed by atoms with van der Waals surface area (Å²) >= 11 is 1.52. The van der Waals surface area contributed by atoms with Crippen molar-refractivity contribution in [2.75, 3.05) is 7.11 Å². The smallest absolute Gasteiger partial charge is 0.247 e. The summed E-state index contributed by atoms with van der Waals surface area (Å²) in [6.07, 6.45) is 1.82. The number of thioether (sulfide) groups is 1. The molecule has 0 aliphatic rings. The van der Waals surface area contributed by atoms with Gasteiger partial charge in [0, 0.05) is 17.7 Å². The first-order valence-corrected chi connectivity index (χ1v) is 10.3. The van der Waals surface area contributed by atoms with Gasteiger partial charge in [-0.1, -0.05) is 36.0 Å². The van der Waals surface area contributed by atoms with Crippen molar-refractivity contribution in [3.63, 3.8) is 0 Å². The number of rotatable bonds is 8. The minimum absolute atomic E-state index is 0.0913. The van der Waals surface area contributed by atoms with E-state index in [4.69, 9.17) is 9.15 Å². The Morgan fingerprint density at radius 2 is 1.80 bits per heavy atom. The molecule has 4 aromatic rings. The molecule has 8 heteroatoms. The highest BCUT2D eigenvalue weighted by Crippen LogP contribution is 2.36. The first-order valence-electron chi connectivity index (χ1n) is 9.43. The largest absolute Gasteiger partial charge is 0.497 e. The van der Waals surface area contributed by atoms with Gasteiger partial charge in [0.15, 0.2) is 11.0 Å². The van der Waals surface area contributed by atoms with Crippen LogP contribution in [0.3, 0.4) is 0 Å². The van der Waals surface area contributed by atoms with Gasteiger partial charge in [-0.3, -0.25) is 4.57 Å². The second-order valence-electron chi connectivity index (χ2n) is 6.51. The van der Waals surface area contributed by atoms with Crippen LogP contribution in [0.1, 0.15) is 18.1 Å². The van der Waals surface area contributed by atoms with Gasteiger partial charge in [-0.25, -0.2) is 0 Å². The van der Waals surface area contributed by atoms with Crippen molar-refractivity contribution >= 4 is 11.8 Å². The van der Waals surface area contributed by atoms with Gasteiger partial charge < -0.3 is 9.15 Å². The zero-order valence-electron chi connectivity index (χ0n) is 16.7. The zero-order valence-corrected chi connectivity index (χ0v) is 17.5. The van der Waals surface area contributed by atoms with Crippen LogP contribution in [-0.2, 0) is 6.54 Å². The van der Waals surface area contributed by atoms with Gasteiger partial charge in [-0.15, -0.1) is 27.0 Å². The second kappa shape index (κ2) is 8.96. The van der Waals surface area contributed by atoms with Gasteiger partial charge in [-0.05, 0) is 43.3 Å². The zero-order chi connectivity index (χ0) is 20.9. The highest BCUT2D eigenvalue weighted by molar-refractivity contribution is 7.99. The Kier molecular flexibility index (Phi) is 5.94. The van der Waals surface area contributed by atoms with Crippen LogP contribution in [0.5, 0.6) is 5.75 Å². The number of nitrogens with zero attached hydrogens (tertiary/aromatic N) is 5. The van der Waals surface area contributed by atoms with Gasteiger partial charge in [-0.2, -0.15) is 0 Å². The van der Waals surface area contributed by atoms with Crippen LogP contribution in [0.4, 0.5) is 0 Å². The van der Waals surface area contributed by atoms with Gasteiger partial charge in [0.2, 0.25) is 11.8 Å². The average molecular weight is 420 g/mol. The lowest BCUT2D eigenvalue weighted by atomic mass is 10.2. The molecule has 0 radical (unpaired) electrons. The van der Waals surface area contributed by atoms with E-state index >= 15 is 0 Å². The first kappa shape index (κ1) is 19.9. The number of allylic oxidation sites excluding steroid dienone is 1. The van der Waals surface area contributed by atoms with Gasteiger partial charge in [0.05, 0.1) is 12.4 Å². The third-order valence-corrected chi connectivity index (χ3v) is 5.54. The fourth-order valence-electron chi connectivity index (χ4n) is 2.93. The summed E-state index contributed by atoms with van der Waals surface area (Å²) in [7, 11) is 1.64. The Hall–Kier alpha value is -3.39. The molecule has 0 N–H and O–H groups in total. The van der Waals surface area contributed by atoms with Crippen LogP contribution < -0.4 is 4.74 Å². The van der Waals surface area contributed by atoms with Crippen LogP contribution >= 0.6 is 11.8 Å². The van der Waals surface area contributed by atoms with Crippen molar-refractivity contribution in [1.82, 2.24) is 25.0 Å². The van der Waals surface area contributed by atoms with Crippen LogP contribution in [-0.4, -0.2) is 32.1 Å². The topological polar surface area (TPSA) is 78.9 Å². The van der Waals surface area contributed by atoms with Crippen LogP contribution in [0, 0.1) is 0 Å². The Labute approximate surface area is 178 Å². The monoisotopic (exact) mass is 419 g/mol. The molecule has 0 saturated carbocycles. The molecule has 0 aliphatic heterocycles. The maximum atomic E-state index is 5.89. The second-order valence-corrected chi connectivity index (χ2v) is 7.81. The molecule has 1 atom stereocenters. The summed E-state index contributed by atoms with van der Waals surface area (Å²) in [5.74, 6) is 2.60.